The number of para-hydroxylation sites is 1. The van der Waals surface area contributed by atoms with Crippen LogP contribution in [0.1, 0.15) is 31.5 Å². The van der Waals surface area contributed by atoms with Gasteiger partial charge in [-0.05, 0) is 44.0 Å². The van der Waals surface area contributed by atoms with Crippen molar-refractivity contribution < 1.29 is 13.6 Å². The highest BCUT2D eigenvalue weighted by Crippen LogP contribution is 2.41. The smallest absolute Gasteiger partial charge is 0.237 e. The minimum Gasteiger partial charge on any atom is -0.323 e. The van der Waals surface area contributed by atoms with Crippen molar-refractivity contribution in [1.82, 2.24) is 14.8 Å². The second-order valence-corrected chi connectivity index (χ2v) is 7.97. The molecule has 1 N–H and O–H groups in total. The van der Waals surface area contributed by atoms with Crippen molar-refractivity contribution in [1.29, 1.82) is 0 Å². The summed E-state index contributed by atoms with van der Waals surface area (Å²) in [4.78, 5) is 12.5. The molecule has 1 aliphatic carbocycles. The Morgan fingerprint density at radius 3 is 2.61 bits per heavy atom. The lowest BCUT2D eigenvalue weighted by Crippen LogP contribution is -2.23. The van der Waals surface area contributed by atoms with Crippen LogP contribution in [0.4, 0.5) is 14.5 Å². The molecular formula is C20H18F2N4OS. The van der Waals surface area contributed by atoms with Gasteiger partial charge in [0.1, 0.15) is 17.5 Å². The Kier molecular flexibility index (Phi) is 5.13. The second kappa shape index (κ2) is 7.71. The maximum Gasteiger partial charge on any atom is 0.237 e. The summed E-state index contributed by atoms with van der Waals surface area (Å²) in [6.07, 6.45) is 2.16. The van der Waals surface area contributed by atoms with Crippen LogP contribution in [-0.2, 0) is 4.79 Å². The third kappa shape index (κ3) is 3.91. The Balaban J connectivity index is 1.54. The highest BCUT2D eigenvalue weighted by atomic mass is 32.2. The van der Waals surface area contributed by atoms with Gasteiger partial charge in [-0.3, -0.25) is 9.36 Å². The molecule has 0 spiro atoms. The number of hydrogen-bond acceptors (Lipinski definition) is 4. The van der Waals surface area contributed by atoms with Gasteiger partial charge >= 0.3 is 0 Å². The van der Waals surface area contributed by atoms with E-state index < -0.39 is 22.8 Å². The van der Waals surface area contributed by atoms with Gasteiger partial charge in [-0.2, -0.15) is 0 Å². The molecule has 1 atom stereocenters. The molecule has 0 bridgehead atoms. The van der Waals surface area contributed by atoms with Gasteiger partial charge in [0.2, 0.25) is 5.91 Å². The summed E-state index contributed by atoms with van der Waals surface area (Å²) in [7, 11) is 0. The Labute approximate surface area is 165 Å². The molecule has 1 fully saturated rings. The van der Waals surface area contributed by atoms with Crippen molar-refractivity contribution >= 4 is 23.4 Å². The molecule has 8 heteroatoms. The van der Waals surface area contributed by atoms with E-state index in [0.29, 0.717) is 11.1 Å². The van der Waals surface area contributed by atoms with Gasteiger partial charge in [0.25, 0.3) is 0 Å². The SMILES string of the molecule is C[C@H](Sc1nnc(C2CC2)n1-c1ccccc1)C(=O)Nc1ccc(F)cc1F. The van der Waals surface area contributed by atoms with E-state index in [1.54, 1.807) is 6.92 Å². The van der Waals surface area contributed by atoms with Crippen molar-refractivity contribution in [3.8, 4) is 5.69 Å². The number of nitrogens with one attached hydrogen (secondary N) is 1. The number of thioether (sulfide) groups is 1. The van der Waals surface area contributed by atoms with Gasteiger partial charge in [0.05, 0.1) is 10.9 Å². The first-order valence-electron chi connectivity index (χ1n) is 8.96. The second-order valence-electron chi connectivity index (χ2n) is 6.66. The molecule has 0 unspecified atom stereocenters. The van der Waals surface area contributed by atoms with Crippen LogP contribution in [0.3, 0.4) is 0 Å². The van der Waals surface area contributed by atoms with Gasteiger partial charge in [-0.15, -0.1) is 10.2 Å². The summed E-state index contributed by atoms with van der Waals surface area (Å²) in [6.45, 7) is 1.71. The number of carbonyl (C=O) groups excluding carboxylic acids is 1. The van der Waals surface area contributed by atoms with Gasteiger partial charge in [0, 0.05) is 17.7 Å². The number of benzene rings is 2. The fourth-order valence-electron chi connectivity index (χ4n) is 2.82. The third-order valence-corrected chi connectivity index (χ3v) is 5.50. The van der Waals surface area contributed by atoms with Gasteiger partial charge in [0.15, 0.2) is 5.16 Å². The molecule has 2 aromatic carbocycles. The highest BCUT2D eigenvalue weighted by Gasteiger charge is 2.32. The molecule has 1 aromatic heterocycles. The zero-order valence-corrected chi connectivity index (χ0v) is 15.9. The van der Waals surface area contributed by atoms with Crippen LogP contribution in [0.5, 0.6) is 0 Å². The highest BCUT2D eigenvalue weighted by molar-refractivity contribution is 8.00. The van der Waals surface area contributed by atoms with Crippen molar-refractivity contribution in [3.63, 3.8) is 0 Å². The Hall–Kier alpha value is -2.74. The van der Waals surface area contributed by atoms with Crippen LogP contribution in [0, 0.1) is 11.6 Å². The summed E-state index contributed by atoms with van der Waals surface area (Å²) >= 11 is 1.25. The lowest BCUT2D eigenvalue weighted by atomic mass is 10.3. The maximum atomic E-state index is 13.8. The minimum absolute atomic E-state index is 0.0537. The fraction of sp³-hybridized carbons (Fsp3) is 0.250. The van der Waals surface area contributed by atoms with E-state index in [9.17, 15) is 13.6 Å². The normalized spacial score (nSPS) is 14.7. The van der Waals surface area contributed by atoms with Crippen LogP contribution in [-0.4, -0.2) is 25.9 Å². The monoisotopic (exact) mass is 400 g/mol. The molecule has 3 aromatic rings. The van der Waals surface area contributed by atoms with E-state index in [1.165, 1.54) is 17.8 Å². The predicted molar refractivity (Wildman–Crippen MR) is 104 cm³/mol. The van der Waals surface area contributed by atoms with E-state index in [2.05, 4.69) is 15.5 Å². The number of hydrogen-bond donors (Lipinski definition) is 1. The van der Waals surface area contributed by atoms with Gasteiger partial charge in [-0.1, -0.05) is 30.0 Å². The number of amides is 1. The summed E-state index contributed by atoms with van der Waals surface area (Å²) < 4.78 is 28.8. The fourth-order valence-corrected chi connectivity index (χ4v) is 3.69. The van der Waals surface area contributed by atoms with E-state index in [-0.39, 0.29) is 5.69 Å². The quantitative estimate of drug-likeness (QED) is 0.617. The first kappa shape index (κ1) is 18.6. The molecule has 28 heavy (non-hydrogen) atoms. The average molecular weight is 400 g/mol. The molecule has 1 saturated carbocycles. The largest absolute Gasteiger partial charge is 0.323 e. The lowest BCUT2D eigenvalue weighted by molar-refractivity contribution is -0.115. The van der Waals surface area contributed by atoms with Gasteiger partial charge in [-0.25, -0.2) is 8.78 Å². The van der Waals surface area contributed by atoms with Crippen molar-refractivity contribution in [2.24, 2.45) is 0 Å². The van der Waals surface area contributed by atoms with E-state index >= 15 is 0 Å². The predicted octanol–water partition coefficient (Wildman–Crippen LogP) is 4.54. The van der Waals surface area contributed by atoms with Crippen molar-refractivity contribution in [2.75, 3.05) is 5.32 Å². The number of aromatic nitrogens is 3. The number of anilines is 1. The number of rotatable bonds is 6. The summed E-state index contributed by atoms with van der Waals surface area (Å²) in [5.74, 6) is -0.619. The van der Waals surface area contributed by atoms with Crippen LogP contribution in [0.15, 0.2) is 53.7 Å². The van der Waals surface area contributed by atoms with Crippen molar-refractivity contribution in [2.45, 2.75) is 36.1 Å². The average Bonchev–Trinajstić information content (AvgIpc) is 3.45. The zero-order valence-electron chi connectivity index (χ0n) is 15.1. The van der Waals surface area contributed by atoms with Gasteiger partial charge < -0.3 is 5.32 Å². The Morgan fingerprint density at radius 1 is 1.18 bits per heavy atom. The zero-order chi connectivity index (χ0) is 19.7. The summed E-state index contributed by atoms with van der Waals surface area (Å²) in [6, 6.07) is 12.8. The molecule has 1 aliphatic rings. The molecule has 144 valence electrons. The lowest BCUT2D eigenvalue weighted by Gasteiger charge is -2.14. The molecule has 0 radical (unpaired) electrons. The summed E-state index contributed by atoms with van der Waals surface area (Å²) in [5.41, 5.74) is 0.885. The number of carbonyl (C=O) groups is 1. The third-order valence-electron chi connectivity index (χ3n) is 4.46. The molecule has 5 nitrogen and oxygen atoms in total. The standard InChI is InChI=1S/C20H18F2N4OS/c1-12(19(27)23-17-10-9-14(21)11-16(17)22)28-20-25-24-18(13-7-8-13)26(20)15-5-3-2-4-6-15/h2-6,9-13H,7-8H2,1H3,(H,23,27)/t12-/m0/s1. The van der Waals surface area contributed by atoms with Crippen LogP contribution in [0.25, 0.3) is 5.69 Å². The van der Waals surface area contributed by atoms with E-state index in [4.69, 9.17) is 0 Å². The molecule has 1 heterocycles. The maximum absolute atomic E-state index is 13.8. The van der Waals surface area contributed by atoms with Crippen LogP contribution < -0.4 is 5.32 Å². The molecule has 0 saturated heterocycles. The number of halogens is 2. The first-order chi connectivity index (χ1) is 13.5. The van der Waals surface area contributed by atoms with Crippen molar-refractivity contribution in [3.05, 3.63) is 66.0 Å². The topological polar surface area (TPSA) is 59.8 Å². The Morgan fingerprint density at radius 2 is 1.93 bits per heavy atom. The molecule has 0 aliphatic heterocycles. The van der Waals surface area contributed by atoms with E-state index in [0.717, 1.165) is 36.5 Å². The summed E-state index contributed by atoms with van der Waals surface area (Å²) in [5, 5.41) is 11.2. The molecule has 4 rings (SSSR count). The molecule has 1 amide bonds. The first-order valence-corrected chi connectivity index (χ1v) is 9.84. The van der Waals surface area contributed by atoms with E-state index in [1.807, 2.05) is 34.9 Å². The van der Waals surface area contributed by atoms with Crippen LogP contribution >= 0.6 is 11.8 Å². The Bertz CT molecular complexity index is 1000. The minimum atomic E-state index is -0.811. The van der Waals surface area contributed by atoms with Crippen LogP contribution in [0.2, 0.25) is 0 Å². The molecular weight excluding hydrogens is 382 g/mol. The number of nitrogens with zero attached hydrogens (tertiary/aromatic N) is 3.